The van der Waals surface area contributed by atoms with Crippen molar-refractivity contribution < 1.29 is 14.6 Å². The zero-order valence-corrected chi connectivity index (χ0v) is 12.9. The van der Waals surface area contributed by atoms with E-state index < -0.39 is 5.97 Å². The van der Waals surface area contributed by atoms with Gasteiger partial charge in [0.15, 0.2) is 0 Å². The number of anilines is 1. The first kappa shape index (κ1) is 15.9. The molecule has 0 heterocycles. The summed E-state index contributed by atoms with van der Waals surface area (Å²) in [6.45, 7) is 5.15. The highest BCUT2D eigenvalue weighted by Crippen LogP contribution is 2.18. The molecular formula is C18H21NO3. The maximum Gasteiger partial charge on any atom is 0.337 e. The Bertz CT molecular complexity index is 653. The van der Waals surface area contributed by atoms with Gasteiger partial charge in [0, 0.05) is 12.2 Å². The lowest BCUT2D eigenvalue weighted by Gasteiger charge is -2.12. The largest absolute Gasteiger partial charge is 0.493 e. The molecule has 0 radical (unpaired) electrons. The number of benzene rings is 2. The predicted octanol–water partition coefficient (Wildman–Crippen LogP) is 3.88. The van der Waals surface area contributed by atoms with Crippen LogP contribution in [-0.4, -0.2) is 24.2 Å². The van der Waals surface area contributed by atoms with Gasteiger partial charge in [0.2, 0.25) is 0 Å². The molecule has 0 aliphatic rings. The molecule has 22 heavy (non-hydrogen) atoms. The first-order valence-electron chi connectivity index (χ1n) is 7.34. The van der Waals surface area contributed by atoms with E-state index >= 15 is 0 Å². The van der Waals surface area contributed by atoms with Gasteiger partial charge < -0.3 is 15.2 Å². The first-order chi connectivity index (χ1) is 10.6. The predicted molar refractivity (Wildman–Crippen MR) is 87.9 cm³/mol. The van der Waals surface area contributed by atoms with Gasteiger partial charge in [-0.2, -0.15) is 0 Å². The zero-order chi connectivity index (χ0) is 15.9. The Hall–Kier alpha value is -2.49. The molecule has 0 unspecified atom stereocenters. The molecule has 2 N–H and O–H groups in total. The van der Waals surface area contributed by atoms with Crippen LogP contribution >= 0.6 is 0 Å². The topological polar surface area (TPSA) is 58.6 Å². The second-order valence-electron chi connectivity index (χ2n) is 5.25. The van der Waals surface area contributed by atoms with Gasteiger partial charge >= 0.3 is 5.97 Å². The molecule has 0 saturated carbocycles. The molecule has 4 heteroatoms. The lowest BCUT2D eigenvalue weighted by molar-refractivity contribution is 0.0698. The van der Waals surface area contributed by atoms with Crippen molar-refractivity contribution in [1.82, 2.24) is 0 Å². The van der Waals surface area contributed by atoms with Crippen LogP contribution in [0.5, 0.6) is 5.75 Å². The number of nitrogens with one attached hydrogen (secondary N) is 1. The second kappa shape index (κ2) is 7.50. The van der Waals surface area contributed by atoms with Crippen molar-refractivity contribution in [1.29, 1.82) is 0 Å². The van der Waals surface area contributed by atoms with Crippen molar-refractivity contribution in [2.45, 2.75) is 20.3 Å². The molecule has 0 fully saturated rings. The Kier molecular flexibility index (Phi) is 5.42. The summed E-state index contributed by atoms with van der Waals surface area (Å²) >= 11 is 0. The van der Waals surface area contributed by atoms with Crippen LogP contribution in [0.15, 0.2) is 42.5 Å². The van der Waals surface area contributed by atoms with Gasteiger partial charge in [0.05, 0.1) is 12.2 Å². The highest BCUT2D eigenvalue weighted by Gasteiger charge is 2.09. The average molecular weight is 299 g/mol. The summed E-state index contributed by atoms with van der Waals surface area (Å²) in [4.78, 5) is 11.2. The monoisotopic (exact) mass is 299 g/mol. The van der Waals surface area contributed by atoms with Crippen molar-refractivity contribution >= 4 is 11.7 Å². The molecule has 2 aromatic rings. The molecule has 0 spiro atoms. The fraction of sp³-hybridized carbons (Fsp3) is 0.278. The first-order valence-corrected chi connectivity index (χ1v) is 7.34. The van der Waals surface area contributed by atoms with Crippen LogP contribution in [0.4, 0.5) is 5.69 Å². The molecule has 0 atom stereocenters. The fourth-order valence-corrected chi connectivity index (χ4v) is 2.18. The van der Waals surface area contributed by atoms with Crippen LogP contribution in [-0.2, 0) is 0 Å². The lowest BCUT2D eigenvalue weighted by atomic mass is 10.1. The number of para-hydroxylation sites is 1. The quantitative estimate of drug-likeness (QED) is 0.762. The number of hydrogen-bond donors (Lipinski definition) is 2. The summed E-state index contributed by atoms with van der Waals surface area (Å²) in [5.74, 6) is -0.0218. The lowest BCUT2D eigenvalue weighted by Crippen LogP contribution is -2.11. The van der Waals surface area contributed by atoms with E-state index in [1.807, 2.05) is 44.2 Å². The van der Waals surface area contributed by atoms with Crippen LogP contribution in [0, 0.1) is 13.8 Å². The summed E-state index contributed by atoms with van der Waals surface area (Å²) < 4.78 is 5.72. The van der Waals surface area contributed by atoms with Crippen molar-refractivity contribution in [3.63, 3.8) is 0 Å². The Morgan fingerprint density at radius 3 is 2.68 bits per heavy atom. The van der Waals surface area contributed by atoms with E-state index in [0.29, 0.717) is 24.4 Å². The number of rotatable bonds is 7. The maximum absolute atomic E-state index is 11.2. The second-order valence-corrected chi connectivity index (χ2v) is 5.25. The van der Waals surface area contributed by atoms with Gasteiger partial charge in [-0.1, -0.05) is 29.8 Å². The molecule has 0 amide bonds. The smallest absolute Gasteiger partial charge is 0.337 e. The van der Waals surface area contributed by atoms with Crippen LogP contribution in [0.2, 0.25) is 0 Å². The van der Waals surface area contributed by atoms with E-state index in [4.69, 9.17) is 4.74 Å². The zero-order valence-electron chi connectivity index (χ0n) is 12.9. The van der Waals surface area contributed by atoms with Gasteiger partial charge in [-0.25, -0.2) is 4.79 Å². The summed E-state index contributed by atoms with van der Waals surface area (Å²) in [6.07, 6.45) is 0.793. The number of ether oxygens (including phenoxy) is 1. The number of carboxylic acids is 1. The number of carbonyl (C=O) groups is 1. The minimum atomic E-state index is -0.914. The number of aryl methyl sites for hydroxylation is 2. The minimum Gasteiger partial charge on any atom is -0.493 e. The highest BCUT2D eigenvalue weighted by atomic mass is 16.5. The maximum atomic E-state index is 11.2. The van der Waals surface area contributed by atoms with Gasteiger partial charge in [0.1, 0.15) is 5.75 Å². The van der Waals surface area contributed by atoms with Gasteiger partial charge in [-0.05, 0) is 44.0 Å². The molecule has 4 nitrogen and oxygen atoms in total. The highest BCUT2D eigenvalue weighted by molar-refractivity contribution is 5.94. The van der Waals surface area contributed by atoms with Crippen LogP contribution in [0.25, 0.3) is 0 Å². The van der Waals surface area contributed by atoms with E-state index in [2.05, 4.69) is 5.32 Å². The van der Waals surface area contributed by atoms with Crippen LogP contribution in [0.1, 0.15) is 27.9 Å². The minimum absolute atomic E-state index is 0.305. The summed E-state index contributed by atoms with van der Waals surface area (Å²) in [5, 5.41) is 12.4. The third kappa shape index (κ3) is 4.25. The van der Waals surface area contributed by atoms with E-state index in [1.54, 1.807) is 12.1 Å². The Morgan fingerprint density at radius 1 is 1.18 bits per heavy atom. The van der Waals surface area contributed by atoms with Crippen molar-refractivity contribution in [2.24, 2.45) is 0 Å². The molecule has 2 aromatic carbocycles. The number of hydrogen-bond acceptors (Lipinski definition) is 3. The average Bonchev–Trinajstić information content (AvgIpc) is 2.49. The van der Waals surface area contributed by atoms with E-state index in [-0.39, 0.29) is 0 Å². The molecule has 2 rings (SSSR count). The summed E-state index contributed by atoms with van der Waals surface area (Å²) in [7, 11) is 0. The summed E-state index contributed by atoms with van der Waals surface area (Å²) in [5.41, 5.74) is 3.00. The van der Waals surface area contributed by atoms with Crippen molar-refractivity contribution in [3.8, 4) is 5.75 Å². The third-order valence-electron chi connectivity index (χ3n) is 3.39. The SMILES string of the molecule is Cc1ccc(NCCCOc2ccccc2C)c(C(=O)O)c1. The third-order valence-corrected chi connectivity index (χ3v) is 3.39. The van der Waals surface area contributed by atoms with Crippen LogP contribution < -0.4 is 10.1 Å². The van der Waals surface area contributed by atoms with Crippen molar-refractivity contribution in [2.75, 3.05) is 18.5 Å². The summed E-state index contributed by atoms with van der Waals surface area (Å²) in [6, 6.07) is 13.3. The Balaban J connectivity index is 1.82. The number of carboxylic acid groups (broad SMARTS) is 1. The van der Waals surface area contributed by atoms with Crippen LogP contribution in [0.3, 0.4) is 0 Å². The van der Waals surface area contributed by atoms with E-state index in [9.17, 15) is 9.90 Å². The van der Waals surface area contributed by atoms with E-state index in [0.717, 1.165) is 23.3 Å². The number of aromatic carboxylic acids is 1. The molecular weight excluding hydrogens is 278 g/mol. The molecule has 0 aromatic heterocycles. The molecule has 0 aliphatic heterocycles. The van der Waals surface area contributed by atoms with Crippen molar-refractivity contribution in [3.05, 3.63) is 59.2 Å². The van der Waals surface area contributed by atoms with Gasteiger partial charge in [0.25, 0.3) is 0 Å². The Labute approximate surface area is 130 Å². The standard InChI is InChI=1S/C18H21NO3/c1-13-8-9-16(15(12-13)18(20)21)19-10-5-11-22-17-7-4-3-6-14(17)2/h3-4,6-9,12,19H,5,10-11H2,1-2H3,(H,20,21). The molecule has 0 saturated heterocycles. The van der Waals surface area contributed by atoms with E-state index in [1.165, 1.54) is 0 Å². The van der Waals surface area contributed by atoms with Gasteiger partial charge in [-0.15, -0.1) is 0 Å². The molecule has 116 valence electrons. The fourth-order valence-electron chi connectivity index (χ4n) is 2.18. The normalized spacial score (nSPS) is 10.3. The van der Waals surface area contributed by atoms with Gasteiger partial charge in [-0.3, -0.25) is 0 Å². The Morgan fingerprint density at radius 2 is 1.95 bits per heavy atom. The molecule has 0 bridgehead atoms. The molecule has 0 aliphatic carbocycles.